The summed E-state index contributed by atoms with van der Waals surface area (Å²) in [6, 6.07) is 5.23. The van der Waals surface area contributed by atoms with Gasteiger partial charge in [-0.05, 0) is 18.2 Å². The van der Waals surface area contributed by atoms with Crippen molar-refractivity contribution in [1.29, 1.82) is 0 Å². The van der Waals surface area contributed by atoms with Crippen LogP contribution in [-0.4, -0.2) is 60.2 Å². The number of carbonyl (C=O) groups excluding carboxylic acids is 1. The first kappa shape index (κ1) is 14.8. The number of fused-ring (bicyclic) bond motifs is 1. The van der Waals surface area contributed by atoms with E-state index in [-0.39, 0.29) is 5.91 Å². The number of nitrogens with zero attached hydrogens (tertiary/aromatic N) is 2. The van der Waals surface area contributed by atoms with Crippen LogP contribution in [0.25, 0.3) is 11.0 Å². The molecule has 2 heterocycles. The van der Waals surface area contributed by atoms with E-state index in [1.165, 1.54) is 0 Å². The molecule has 1 amide bonds. The molecule has 0 saturated carbocycles. The van der Waals surface area contributed by atoms with Crippen molar-refractivity contribution in [2.75, 3.05) is 44.7 Å². The number of imidazole rings is 1. The number of nitrogen functional groups attached to an aromatic ring is 1. The smallest absolute Gasteiger partial charge is 0.265 e. The number of rotatable bonds is 5. The lowest BCUT2D eigenvalue weighted by atomic mass is 10.2. The molecule has 0 spiro atoms. The predicted molar refractivity (Wildman–Crippen MR) is 83.5 cm³/mol. The summed E-state index contributed by atoms with van der Waals surface area (Å²) in [7, 11) is 0. The number of H-pyrrole nitrogens is 1. The van der Waals surface area contributed by atoms with Crippen LogP contribution in [0.1, 0.15) is 10.4 Å². The monoisotopic (exact) mass is 304 g/mol. The lowest BCUT2D eigenvalue weighted by molar-refractivity contribution is 0.0398. The van der Waals surface area contributed by atoms with Gasteiger partial charge in [-0.15, -0.1) is 0 Å². The Hall–Kier alpha value is -2.16. The number of morpholine rings is 1. The van der Waals surface area contributed by atoms with Crippen molar-refractivity contribution < 1.29 is 9.53 Å². The highest BCUT2D eigenvalue weighted by Crippen LogP contribution is 2.16. The molecule has 1 fully saturated rings. The van der Waals surface area contributed by atoms with Crippen molar-refractivity contribution >= 4 is 22.9 Å². The second-order valence-corrected chi connectivity index (χ2v) is 5.17. The number of amides is 1. The number of aromatic nitrogens is 2. The van der Waals surface area contributed by atoms with E-state index >= 15 is 0 Å². The van der Waals surface area contributed by atoms with Crippen molar-refractivity contribution in [2.24, 2.45) is 5.84 Å². The van der Waals surface area contributed by atoms with Crippen LogP contribution in [0.4, 0.5) is 5.95 Å². The molecule has 22 heavy (non-hydrogen) atoms. The van der Waals surface area contributed by atoms with E-state index in [2.05, 4.69) is 25.6 Å². The third-order valence-corrected chi connectivity index (χ3v) is 3.70. The molecule has 0 bridgehead atoms. The van der Waals surface area contributed by atoms with Crippen LogP contribution in [-0.2, 0) is 4.74 Å². The van der Waals surface area contributed by atoms with Crippen molar-refractivity contribution in [3.8, 4) is 0 Å². The number of nitrogens with two attached hydrogens (primary N) is 1. The number of anilines is 1. The molecule has 8 heteroatoms. The summed E-state index contributed by atoms with van der Waals surface area (Å²) in [5.41, 5.74) is 4.23. The van der Waals surface area contributed by atoms with Crippen LogP contribution in [0.5, 0.6) is 0 Å². The number of ether oxygens (including phenoxy) is 1. The first-order valence-electron chi connectivity index (χ1n) is 7.31. The SMILES string of the molecule is NNC(=O)c1ccc2nc(NCCN3CCOCC3)[nH]c2c1. The summed E-state index contributed by atoms with van der Waals surface area (Å²) in [6.45, 7) is 5.29. The van der Waals surface area contributed by atoms with Gasteiger partial charge < -0.3 is 15.0 Å². The molecule has 0 unspecified atom stereocenters. The van der Waals surface area contributed by atoms with Crippen molar-refractivity contribution in [3.05, 3.63) is 23.8 Å². The fraction of sp³-hybridized carbons (Fsp3) is 0.429. The minimum absolute atomic E-state index is 0.321. The second kappa shape index (κ2) is 6.73. The van der Waals surface area contributed by atoms with Gasteiger partial charge >= 0.3 is 0 Å². The fourth-order valence-electron chi connectivity index (χ4n) is 2.48. The highest BCUT2D eigenvalue weighted by Gasteiger charge is 2.10. The van der Waals surface area contributed by atoms with Gasteiger partial charge in [0.1, 0.15) is 0 Å². The Morgan fingerprint density at radius 1 is 1.41 bits per heavy atom. The normalized spacial score (nSPS) is 15.9. The van der Waals surface area contributed by atoms with Crippen molar-refractivity contribution in [1.82, 2.24) is 20.3 Å². The van der Waals surface area contributed by atoms with E-state index < -0.39 is 0 Å². The van der Waals surface area contributed by atoms with Crippen molar-refractivity contribution in [2.45, 2.75) is 0 Å². The van der Waals surface area contributed by atoms with Gasteiger partial charge in [-0.1, -0.05) is 0 Å². The first-order chi connectivity index (χ1) is 10.8. The van der Waals surface area contributed by atoms with Gasteiger partial charge in [0.15, 0.2) is 0 Å². The highest BCUT2D eigenvalue weighted by atomic mass is 16.5. The van der Waals surface area contributed by atoms with E-state index in [0.717, 1.165) is 50.4 Å². The lowest BCUT2D eigenvalue weighted by Crippen LogP contribution is -2.39. The molecule has 1 aromatic carbocycles. The number of nitrogens with one attached hydrogen (secondary N) is 3. The predicted octanol–water partition coefficient (Wildman–Crippen LogP) is -0.0895. The van der Waals surface area contributed by atoms with Gasteiger partial charge in [-0.3, -0.25) is 15.1 Å². The summed E-state index contributed by atoms with van der Waals surface area (Å²) in [6.07, 6.45) is 0. The standard InChI is InChI=1S/C14H20N6O2/c15-19-13(21)10-1-2-11-12(9-10)18-14(17-11)16-3-4-20-5-7-22-8-6-20/h1-2,9H,3-8,15H2,(H,19,21)(H2,16,17,18). The first-order valence-corrected chi connectivity index (χ1v) is 7.31. The Kier molecular flexibility index (Phi) is 4.52. The average Bonchev–Trinajstić information content (AvgIpc) is 2.97. The van der Waals surface area contributed by atoms with Gasteiger partial charge in [0.25, 0.3) is 5.91 Å². The van der Waals surface area contributed by atoms with Gasteiger partial charge in [-0.2, -0.15) is 0 Å². The van der Waals surface area contributed by atoms with Crippen LogP contribution in [0.2, 0.25) is 0 Å². The Morgan fingerprint density at radius 3 is 3.00 bits per heavy atom. The molecule has 118 valence electrons. The quantitative estimate of drug-likeness (QED) is 0.349. The fourth-order valence-corrected chi connectivity index (χ4v) is 2.48. The van der Waals surface area contributed by atoms with Crippen molar-refractivity contribution in [3.63, 3.8) is 0 Å². The van der Waals surface area contributed by atoms with Gasteiger partial charge in [0.05, 0.1) is 24.2 Å². The third-order valence-electron chi connectivity index (χ3n) is 3.70. The lowest BCUT2D eigenvalue weighted by Gasteiger charge is -2.26. The second-order valence-electron chi connectivity index (χ2n) is 5.17. The Labute approximate surface area is 128 Å². The summed E-state index contributed by atoms with van der Waals surface area (Å²) in [4.78, 5) is 21.5. The zero-order valence-corrected chi connectivity index (χ0v) is 12.3. The Bertz CT molecular complexity index is 650. The van der Waals surface area contributed by atoms with E-state index in [0.29, 0.717) is 11.5 Å². The summed E-state index contributed by atoms with van der Waals surface area (Å²) in [5.74, 6) is 5.52. The molecule has 0 radical (unpaired) electrons. The number of aromatic amines is 1. The molecular weight excluding hydrogens is 284 g/mol. The van der Waals surface area contributed by atoms with E-state index in [1.807, 2.05) is 0 Å². The van der Waals surface area contributed by atoms with Gasteiger partial charge in [-0.25, -0.2) is 10.8 Å². The number of hydrogen-bond acceptors (Lipinski definition) is 6. The summed E-state index contributed by atoms with van der Waals surface area (Å²) >= 11 is 0. The number of hydrogen-bond donors (Lipinski definition) is 4. The number of carbonyl (C=O) groups is 1. The largest absolute Gasteiger partial charge is 0.379 e. The molecule has 3 rings (SSSR count). The molecule has 1 saturated heterocycles. The maximum atomic E-state index is 11.5. The van der Waals surface area contributed by atoms with E-state index in [9.17, 15) is 4.79 Å². The topological polar surface area (TPSA) is 108 Å². The van der Waals surface area contributed by atoms with Crippen LogP contribution in [0.3, 0.4) is 0 Å². The molecule has 5 N–H and O–H groups in total. The van der Waals surface area contributed by atoms with Crippen LogP contribution in [0.15, 0.2) is 18.2 Å². The Balaban J connectivity index is 1.60. The number of hydrazine groups is 1. The van der Waals surface area contributed by atoms with Crippen LogP contribution >= 0.6 is 0 Å². The molecule has 0 aliphatic carbocycles. The molecule has 1 aliphatic heterocycles. The van der Waals surface area contributed by atoms with E-state index in [1.54, 1.807) is 18.2 Å². The average molecular weight is 304 g/mol. The van der Waals surface area contributed by atoms with E-state index in [4.69, 9.17) is 10.6 Å². The van der Waals surface area contributed by atoms with Gasteiger partial charge in [0.2, 0.25) is 5.95 Å². The van der Waals surface area contributed by atoms with Crippen LogP contribution < -0.4 is 16.6 Å². The number of benzene rings is 1. The highest BCUT2D eigenvalue weighted by molar-refractivity contribution is 5.97. The van der Waals surface area contributed by atoms with Gasteiger partial charge in [0, 0.05) is 31.7 Å². The minimum Gasteiger partial charge on any atom is -0.379 e. The third kappa shape index (κ3) is 3.35. The molecule has 2 aromatic rings. The summed E-state index contributed by atoms with van der Waals surface area (Å²) < 4.78 is 5.32. The summed E-state index contributed by atoms with van der Waals surface area (Å²) in [5, 5.41) is 3.27. The maximum absolute atomic E-state index is 11.5. The molecule has 8 nitrogen and oxygen atoms in total. The zero-order chi connectivity index (χ0) is 15.4. The molecule has 1 aromatic heterocycles. The molecule has 0 atom stereocenters. The molecular formula is C14H20N6O2. The maximum Gasteiger partial charge on any atom is 0.265 e. The van der Waals surface area contributed by atoms with Crippen LogP contribution in [0, 0.1) is 0 Å². The minimum atomic E-state index is -0.321. The Morgan fingerprint density at radius 2 is 2.23 bits per heavy atom. The molecule has 1 aliphatic rings. The zero-order valence-electron chi connectivity index (χ0n) is 12.3.